The van der Waals surface area contributed by atoms with Crippen LogP contribution < -0.4 is 82.7 Å². The first-order valence-corrected chi connectivity index (χ1v) is 51.8. The number of methoxy groups -OCH3 is 1. The maximum atomic E-state index is 16.1. The molecule has 2 aromatic heterocycles. The van der Waals surface area contributed by atoms with Crippen molar-refractivity contribution in [2.45, 2.75) is 230 Å². The van der Waals surface area contributed by atoms with Gasteiger partial charge in [-0.05, 0) is 169 Å². The Balaban J connectivity index is 0.898. The highest BCUT2D eigenvalue weighted by atomic mass is 32.2. The number of hydrogen-bond donors (Lipinski definition) is 17. The summed E-state index contributed by atoms with van der Waals surface area (Å²) >= 11 is 2.12. The molecule has 0 spiro atoms. The summed E-state index contributed by atoms with van der Waals surface area (Å²) < 4.78 is 81.1. The van der Waals surface area contributed by atoms with Gasteiger partial charge in [-0.3, -0.25) is 58.8 Å². The van der Waals surface area contributed by atoms with E-state index in [2.05, 4.69) is 78.2 Å². The van der Waals surface area contributed by atoms with Gasteiger partial charge >= 0.3 is 5.97 Å². The molecule has 0 aliphatic carbocycles. The van der Waals surface area contributed by atoms with Gasteiger partial charge in [-0.1, -0.05) is 140 Å². The minimum atomic E-state index is -4.46. The van der Waals surface area contributed by atoms with E-state index in [1.54, 1.807) is 115 Å². The van der Waals surface area contributed by atoms with Crippen molar-refractivity contribution in [3.8, 4) is 11.5 Å². The molecule has 4 heterocycles. The summed E-state index contributed by atoms with van der Waals surface area (Å²) in [6, 6.07) is 32.2. The second-order valence-corrected chi connectivity index (χ2v) is 41.9. The fourth-order valence-electron chi connectivity index (χ4n) is 17.6. The van der Waals surface area contributed by atoms with Crippen LogP contribution in [0.1, 0.15) is 159 Å². The quantitative estimate of drug-likeness (QED) is 0.00464. The number of carbonyl (C=O) groups is 11. The number of esters is 1. The van der Waals surface area contributed by atoms with Gasteiger partial charge < -0.3 is 87.6 Å². The van der Waals surface area contributed by atoms with Crippen LogP contribution in [0.3, 0.4) is 0 Å². The molecular weight excluding hydrogens is 1900 g/mol. The Kier molecular flexibility index (Phi) is 36.8. The average Bonchev–Trinajstić information content (AvgIpc) is 1.40. The van der Waals surface area contributed by atoms with Gasteiger partial charge in [0.15, 0.2) is 0 Å². The Labute approximate surface area is 835 Å². The number of nitrogens with zero attached hydrogens (tertiary/aromatic N) is 2. The van der Waals surface area contributed by atoms with Gasteiger partial charge in [-0.15, -0.1) is 23.5 Å². The van der Waals surface area contributed by atoms with E-state index < -0.39 is 163 Å². The number of nitrogens with one attached hydrogen (secondary N) is 17. The van der Waals surface area contributed by atoms with E-state index >= 15 is 24.0 Å². The molecule has 8 atom stereocenters. The number of carbonyl (C=O) groups excluding carboxylic acids is 11. The minimum absolute atomic E-state index is 0.0104. The normalized spacial score (nSPS) is 14.6. The highest BCUT2D eigenvalue weighted by molar-refractivity contribution is 7.99. The summed E-state index contributed by atoms with van der Waals surface area (Å²) in [6.45, 7) is 22.6. The monoisotopic (exact) mass is 2020 g/mol. The minimum Gasteiger partial charge on any atom is -0.487 e. The van der Waals surface area contributed by atoms with Crippen LogP contribution in [0.4, 0.5) is 0 Å². The van der Waals surface area contributed by atoms with Crippen molar-refractivity contribution in [3.05, 3.63) is 242 Å². The lowest BCUT2D eigenvalue weighted by Crippen LogP contribution is -2.61. The van der Waals surface area contributed by atoms with Gasteiger partial charge in [0.05, 0.1) is 40.7 Å². The van der Waals surface area contributed by atoms with Crippen LogP contribution in [-0.4, -0.2) is 211 Å². The largest absolute Gasteiger partial charge is 0.487 e. The second-order valence-electron chi connectivity index (χ2n) is 36.6. The third kappa shape index (κ3) is 27.7. The smallest absolute Gasteiger partial charge is 0.329 e. The number of para-hydroxylation sites is 1. The predicted octanol–water partition coefficient (Wildman–Crippen LogP) is 6.82. The number of guanidine groups is 2. The highest BCUT2D eigenvalue weighted by Gasteiger charge is 2.44. The lowest BCUT2D eigenvalue weighted by Gasteiger charge is -2.37. The van der Waals surface area contributed by atoms with Gasteiger partial charge in [0.25, 0.3) is 20.0 Å². The van der Waals surface area contributed by atoms with Crippen LogP contribution in [0.2, 0.25) is 0 Å². The third-order valence-electron chi connectivity index (χ3n) is 24.8. The average molecular weight is 2020 g/mol. The van der Waals surface area contributed by atoms with Gasteiger partial charge in [0, 0.05) is 112 Å². The lowest BCUT2D eigenvalue weighted by molar-refractivity contribution is -0.144. The number of hydrogen-bond acceptors (Lipinski definition) is 23. The highest BCUT2D eigenvalue weighted by Crippen LogP contribution is 2.46. The molecule has 758 valence electrons. The topological polar surface area (TPSA) is 533 Å². The maximum absolute atomic E-state index is 16.1. The molecule has 0 saturated heterocycles. The number of aromatic amines is 1. The molecule has 7 aromatic carbocycles. The number of benzene rings is 7. The molecule has 11 rings (SSSR count). The van der Waals surface area contributed by atoms with E-state index in [-0.39, 0.29) is 96.3 Å². The van der Waals surface area contributed by atoms with Crippen molar-refractivity contribution >= 4 is 131 Å². The predicted molar refractivity (Wildman–Crippen MR) is 542 cm³/mol. The number of thioether (sulfide) groups is 2. The Morgan fingerprint density at radius 1 is 0.472 bits per heavy atom. The zero-order valence-electron chi connectivity index (χ0n) is 82.2. The zero-order valence-corrected chi connectivity index (χ0v) is 85.5. The van der Waals surface area contributed by atoms with Gasteiger partial charge in [-0.25, -0.2) is 36.1 Å². The second kappa shape index (κ2) is 48.1. The van der Waals surface area contributed by atoms with Crippen LogP contribution in [0.5, 0.6) is 11.5 Å². The fraction of sp³-hybridized carbons (Fsp3) is 0.406. The number of H-pyrrole nitrogens is 1. The lowest BCUT2D eigenvalue weighted by atomic mass is 9.77. The Bertz CT molecular complexity index is 6310. The summed E-state index contributed by atoms with van der Waals surface area (Å²) in [6.07, 6.45) is 4.42. The number of fused-ring (bicyclic) bond motifs is 3. The molecule has 2 aliphatic heterocycles. The molecule has 37 nitrogen and oxygen atoms in total. The van der Waals surface area contributed by atoms with Crippen molar-refractivity contribution in [2.75, 3.05) is 43.5 Å². The van der Waals surface area contributed by atoms with Gasteiger partial charge in [-0.2, -0.15) is 0 Å². The van der Waals surface area contributed by atoms with Crippen LogP contribution in [0.15, 0.2) is 174 Å². The standard InChI is InChI=1S/C101H127N19O18S4/c1-58-60(3)87(62(5)75-49-99(11,12)137-85(58)75)141(132,133)118-97(102)104-44-30-42-78(111-67(10)123)90(125)116-83(53-139-56-108-65(8)121)95(130)110-64(7)89(124)113-82(48-73-52-120(55-107-73)101(70-34-22-17-23-35-70,71-36-24-18-25-37-71)72-38-26-19-27-39-72)94(129)114-80(46-68-32-20-16-21-33-68)92(127)112-79(43-31-45-105-98(103)119-142(134,135)88-61(4)59(2)86-76(63(88)6)50-100(13,14)138-86)91(126)115-81(47-69-51-106-77-41-29-28-40-74(69)77)93(128)117-84(96(131)136-15)54-140-57-109-66(9)122/h16-29,32-41,51-52,55,64,78-84,106H,30-31,42-50,53-54,56-57H2,1-15H3,(H,108,121)(H,109,122)(H,110,130)(H,111,123)(H,112,127)(H,113,124)(H,114,129)(H,115,126)(H,116,125)(H,117,128)(H3,102,104,118)(H3,103,105,119)/t64-,78+,79+,80-,81+,82+,83+,84+/m1/s1. The number of amides is 10. The van der Waals surface area contributed by atoms with E-state index in [0.29, 0.717) is 85.3 Å². The molecule has 0 radical (unpaired) electrons. The summed E-state index contributed by atoms with van der Waals surface area (Å²) in [5.74, 6) is -9.20. The first kappa shape index (κ1) is 109. The van der Waals surface area contributed by atoms with Crippen molar-refractivity contribution in [1.29, 1.82) is 10.8 Å². The Morgan fingerprint density at radius 3 is 1.33 bits per heavy atom. The van der Waals surface area contributed by atoms with Crippen molar-refractivity contribution < 1.29 is 83.8 Å². The number of aromatic nitrogens is 3. The summed E-state index contributed by atoms with van der Waals surface area (Å²) in [4.78, 5) is 166. The number of ether oxygens (including phenoxy) is 3. The zero-order chi connectivity index (χ0) is 103. The number of sulfonamides is 2. The molecule has 0 unspecified atom stereocenters. The summed E-state index contributed by atoms with van der Waals surface area (Å²) in [7, 11) is -7.66. The third-order valence-corrected chi connectivity index (χ3v) is 29.8. The molecule has 9 aromatic rings. The molecule has 0 saturated carbocycles. The fourth-order valence-corrected chi connectivity index (χ4v) is 22.4. The molecule has 0 fully saturated rings. The molecule has 17 N–H and O–H groups in total. The SMILES string of the molecule is COC(=O)[C@H](CSCNC(C)=O)NC(=O)[C@H](Cc1c[nH]c2ccccc12)NC(=O)[C@H](CCCNC(=N)NS(=O)(=O)c1c(C)c(C)c2c(c1C)CC(C)(C)O2)NC(=O)[C@@H](Cc1ccccc1)NC(=O)[C@H](Cc1cn(C(c2ccccc2)(c2ccccc2)c2ccccc2)cn1)NC(=O)[C@@H](C)NC(=O)[C@H](CSCNC(C)=O)NC(=O)[C@H](CCCNC(=N)NS(=O)(=O)c1c(C)c(C)c2c(c1C)CC(C)(C)O2)NC(C)=O. The van der Waals surface area contributed by atoms with E-state index in [1.807, 2.05) is 123 Å². The van der Waals surface area contributed by atoms with Crippen molar-refractivity contribution in [2.24, 2.45) is 0 Å². The number of rotatable bonds is 46. The Morgan fingerprint density at radius 2 is 0.866 bits per heavy atom. The summed E-state index contributed by atoms with van der Waals surface area (Å²) in [5.41, 5.74) is 6.53. The molecular formula is C101H127N19O18S4. The van der Waals surface area contributed by atoms with Crippen LogP contribution in [0, 0.1) is 52.4 Å². The van der Waals surface area contributed by atoms with Crippen molar-refractivity contribution in [1.82, 2.24) is 87.8 Å². The van der Waals surface area contributed by atoms with Gasteiger partial charge in [0.1, 0.15) is 76.6 Å². The van der Waals surface area contributed by atoms with E-state index in [9.17, 15) is 45.6 Å². The first-order chi connectivity index (χ1) is 67.3. The van der Waals surface area contributed by atoms with Crippen LogP contribution in [-0.2, 0) is 115 Å². The number of imidazole rings is 1. The first-order valence-electron chi connectivity index (χ1n) is 46.6. The molecule has 41 heteroatoms. The summed E-state index contributed by atoms with van der Waals surface area (Å²) in [5, 5.41) is 51.1. The molecule has 142 heavy (non-hydrogen) atoms. The van der Waals surface area contributed by atoms with Crippen LogP contribution >= 0.6 is 23.5 Å². The van der Waals surface area contributed by atoms with Gasteiger partial charge in [0.2, 0.25) is 71.0 Å². The molecule has 0 bridgehead atoms. The molecule has 2 aliphatic rings. The Hall–Kier alpha value is -13.8. The molecule has 10 amide bonds. The van der Waals surface area contributed by atoms with Crippen molar-refractivity contribution in [3.63, 3.8) is 0 Å². The van der Waals surface area contributed by atoms with E-state index in [1.165, 1.54) is 27.7 Å². The maximum Gasteiger partial charge on any atom is 0.329 e. The van der Waals surface area contributed by atoms with E-state index in [0.717, 1.165) is 52.9 Å². The van der Waals surface area contributed by atoms with Crippen LogP contribution in [0.25, 0.3) is 10.9 Å². The van der Waals surface area contributed by atoms with E-state index in [4.69, 9.17) is 30.0 Å².